The normalized spacial score (nSPS) is 15.4. The molecule has 1 N–H and O–H groups in total. The summed E-state index contributed by atoms with van der Waals surface area (Å²) >= 11 is 0. The van der Waals surface area contributed by atoms with Crippen molar-refractivity contribution in [3.05, 3.63) is 42.2 Å². The smallest absolute Gasteiger partial charge is 0.248 e. The fourth-order valence-electron chi connectivity index (χ4n) is 4.40. The third-order valence-electron chi connectivity index (χ3n) is 5.97. The maximum absolute atomic E-state index is 5.69. The van der Waals surface area contributed by atoms with Crippen LogP contribution in [0, 0.1) is 12.8 Å². The van der Waals surface area contributed by atoms with Gasteiger partial charge in [0.1, 0.15) is 5.75 Å². The van der Waals surface area contributed by atoms with Crippen molar-refractivity contribution in [1.29, 1.82) is 0 Å². The van der Waals surface area contributed by atoms with Crippen LogP contribution in [0.1, 0.15) is 38.4 Å². The van der Waals surface area contributed by atoms with Crippen LogP contribution in [0.4, 0.5) is 17.6 Å². The predicted octanol–water partition coefficient (Wildman–Crippen LogP) is 5.69. The third-order valence-corrected chi connectivity index (χ3v) is 5.97. The van der Waals surface area contributed by atoms with Gasteiger partial charge in [-0.1, -0.05) is 0 Å². The Labute approximate surface area is 220 Å². The van der Waals surface area contributed by atoms with Crippen molar-refractivity contribution in [3.63, 3.8) is 0 Å². The molecule has 0 amide bonds. The van der Waals surface area contributed by atoms with Gasteiger partial charge in [0.2, 0.25) is 11.9 Å². The lowest BCUT2D eigenvalue weighted by molar-refractivity contribution is 0.142. The van der Waals surface area contributed by atoms with Gasteiger partial charge in [-0.2, -0.15) is 4.98 Å². The van der Waals surface area contributed by atoms with E-state index in [1.807, 2.05) is 36.0 Å². The second kappa shape index (κ2) is 13.0. The van der Waals surface area contributed by atoms with Crippen molar-refractivity contribution >= 4 is 42.4 Å². The molecule has 8 nitrogen and oxygen atoms in total. The first kappa shape index (κ1) is 28.7. The monoisotopic (exact) mass is 522 g/mol. The number of benzene rings is 1. The number of hydrogen-bond donors (Lipinski definition) is 1. The van der Waals surface area contributed by atoms with Gasteiger partial charge in [0.25, 0.3) is 0 Å². The summed E-state index contributed by atoms with van der Waals surface area (Å²) in [4.78, 5) is 11.5. The Balaban J connectivity index is 0.00000216. The minimum Gasteiger partial charge on any atom is -0.496 e. The molecule has 10 heteroatoms. The molecule has 1 unspecified atom stereocenters. The zero-order valence-electron chi connectivity index (χ0n) is 21.0. The van der Waals surface area contributed by atoms with Crippen LogP contribution in [-0.2, 0) is 4.74 Å². The Bertz CT molecular complexity index is 1090. The molecular weight excluding hydrogens is 487 g/mol. The van der Waals surface area contributed by atoms with Gasteiger partial charge in [-0.3, -0.25) is 4.98 Å². The second-order valence-electron chi connectivity index (χ2n) is 8.91. The number of anilines is 3. The molecule has 1 atom stereocenters. The van der Waals surface area contributed by atoms with Crippen LogP contribution < -0.4 is 15.0 Å². The highest BCUT2D eigenvalue weighted by atomic mass is 35.5. The molecule has 0 spiro atoms. The summed E-state index contributed by atoms with van der Waals surface area (Å²) in [7, 11) is 3.46. The highest BCUT2D eigenvalue weighted by Gasteiger charge is 2.25. The van der Waals surface area contributed by atoms with Crippen LogP contribution in [0.15, 0.2) is 36.5 Å². The van der Waals surface area contributed by atoms with Crippen molar-refractivity contribution in [2.24, 2.45) is 5.92 Å². The number of aryl methyl sites for hydroxylation is 1. The average molecular weight is 524 g/mol. The van der Waals surface area contributed by atoms with Crippen LogP contribution in [0.2, 0.25) is 0 Å². The molecule has 0 bridgehead atoms. The summed E-state index contributed by atoms with van der Waals surface area (Å²) in [6.45, 7) is 8.95. The van der Waals surface area contributed by atoms with Gasteiger partial charge in [0.05, 0.1) is 19.8 Å². The summed E-state index contributed by atoms with van der Waals surface area (Å²) in [5.74, 6) is 2.80. The minimum atomic E-state index is 0. The van der Waals surface area contributed by atoms with Gasteiger partial charge < -0.3 is 19.7 Å². The fourth-order valence-corrected chi connectivity index (χ4v) is 4.40. The van der Waals surface area contributed by atoms with E-state index in [-0.39, 0.29) is 30.9 Å². The largest absolute Gasteiger partial charge is 0.496 e. The lowest BCUT2D eigenvalue weighted by atomic mass is 9.99. The Morgan fingerprint density at radius 1 is 1.14 bits per heavy atom. The lowest BCUT2D eigenvalue weighted by Crippen LogP contribution is -2.39. The molecule has 1 aliphatic rings. The zero-order valence-corrected chi connectivity index (χ0v) is 22.7. The predicted molar refractivity (Wildman–Crippen MR) is 146 cm³/mol. The first-order valence-corrected chi connectivity index (χ1v) is 11.6. The van der Waals surface area contributed by atoms with E-state index in [1.165, 1.54) is 6.42 Å². The molecule has 3 aromatic rings. The average Bonchev–Trinajstić information content (AvgIpc) is 3.23. The van der Waals surface area contributed by atoms with E-state index in [4.69, 9.17) is 19.6 Å². The van der Waals surface area contributed by atoms with Crippen LogP contribution in [0.25, 0.3) is 11.1 Å². The second-order valence-corrected chi connectivity index (χ2v) is 8.91. The number of ether oxygens (including phenoxy) is 2. The van der Waals surface area contributed by atoms with Crippen molar-refractivity contribution in [2.45, 2.75) is 39.7 Å². The molecule has 1 aromatic carbocycles. The number of methoxy groups -OCH3 is 2. The Morgan fingerprint density at radius 2 is 1.94 bits per heavy atom. The van der Waals surface area contributed by atoms with E-state index in [0.717, 1.165) is 60.3 Å². The molecule has 0 radical (unpaired) electrons. The maximum atomic E-state index is 5.69. The summed E-state index contributed by atoms with van der Waals surface area (Å²) in [5.41, 5.74) is 3.95. The Hall–Kier alpha value is -2.55. The number of aromatic nitrogens is 4. The van der Waals surface area contributed by atoms with Crippen molar-refractivity contribution < 1.29 is 9.47 Å². The van der Waals surface area contributed by atoms with Gasteiger partial charge in [-0.25, -0.2) is 4.68 Å². The molecular formula is C25H36Cl2N6O2. The van der Waals surface area contributed by atoms with Crippen LogP contribution in [0.3, 0.4) is 0 Å². The number of nitrogens with one attached hydrogen (secondary N) is 1. The molecule has 1 aliphatic heterocycles. The van der Waals surface area contributed by atoms with Gasteiger partial charge in [-0.15, -0.1) is 29.9 Å². The van der Waals surface area contributed by atoms with Crippen LogP contribution in [0.5, 0.6) is 5.75 Å². The number of piperidine rings is 1. The molecule has 1 saturated heterocycles. The van der Waals surface area contributed by atoms with Crippen molar-refractivity contribution in [1.82, 2.24) is 19.7 Å². The molecule has 3 heterocycles. The summed E-state index contributed by atoms with van der Waals surface area (Å²) in [6.07, 6.45) is 4.14. The van der Waals surface area contributed by atoms with E-state index in [1.54, 1.807) is 14.2 Å². The number of rotatable bonds is 8. The van der Waals surface area contributed by atoms with Crippen molar-refractivity contribution in [2.75, 3.05) is 44.1 Å². The molecule has 35 heavy (non-hydrogen) atoms. The van der Waals surface area contributed by atoms with Gasteiger partial charge in [0, 0.05) is 49.4 Å². The number of halogens is 2. The maximum Gasteiger partial charge on any atom is 0.248 e. The molecule has 192 valence electrons. The molecule has 2 aromatic heterocycles. The fraction of sp³-hybridized carbons (Fsp3) is 0.480. The van der Waals surface area contributed by atoms with Crippen molar-refractivity contribution in [3.8, 4) is 16.9 Å². The molecule has 0 aliphatic carbocycles. The number of nitrogens with zero attached hydrogens (tertiary/aromatic N) is 5. The Morgan fingerprint density at radius 3 is 2.63 bits per heavy atom. The third kappa shape index (κ3) is 6.78. The number of hydrogen-bond acceptors (Lipinski definition) is 7. The number of pyridine rings is 1. The van der Waals surface area contributed by atoms with E-state index >= 15 is 0 Å². The minimum absolute atomic E-state index is 0. The van der Waals surface area contributed by atoms with E-state index in [2.05, 4.69) is 41.2 Å². The van der Waals surface area contributed by atoms with Gasteiger partial charge in [-0.05, 0) is 69.4 Å². The first-order chi connectivity index (χ1) is 16.0. The van der Waals surface area contributed by atoms with E-state index in [0.29, 0.717) is 11.9 Å². The highest BCUT2D eigenvalue weighted by molar-refractivity contribution is 5.85. The topological polar surface area (TPSA) is 77.3 Å². The summed E-state index contributed by atoms with van der Waals surface area (Å²) in [5, 5.41) is 8.14. The first-order valence-electron chi connectivity index (χ1n) is 11.6. The summed E-state index contributed by atoms with van der Waals surface area (Å²) < 4.78 is 13.1. The zero-order chi connectivity index (χ0) is 23.4. The molecule has 0 saturated carbocycles. The SMILES string of the molecule is COCC1CCCN(c2nc(Nc3ccc(-c4ccnc(C)c4)c(OC)c3)nn2C(C)C)C1.Cl.Cl. The van der Waals surface area contributed by atoms with Gasteiger partial charge in [0.15, 0.2) is 0 Å². The quantitative estimate of drug-likeness (QED) is 0.407. The Kier molecular flexibility index (Phi) is 10.6. The molecule has 1 fully saturated rings. The highest BCUT2D eigenvalue weighted by Crippen LogP contribution is 2.34. The van der Waals surface area contributed by atoms with E-state index < -0.39 is 0 Å². The van der Waals surface area contributed by atoms with Crippen LogP contribution >= 0.6 is 24.8 Å². The summed E-state index contributed by atoms with van der Waals surface area (Å²) in [6, 6.07) is 10.3. The molecule has 4 rings (SSSR count). The van der Waals surface area contributed by atoms with Gasteiger partial charge >= 0.3 is 0 Å². The van der Waals surface area contributed by atoms with Crippen LogP contribution in [-0.4, -0.2) is 53.7 Å². The van der Waals surface area contributed by atoms with E-state index in [9.17, 15) is 0 Å². The standard InChI is InChI=1S/C25H34N6O2.2ClH/c1-17(2)31-25(30-12-6-7-19(15-30)16-32-4)28-24(29-31)27-21-8-9-22(23(14-21)33-5)20-10-11-26-18(3)13-20;;/h8-11,13-14,17,19H,6-7,12,15-16H2,1-5H3,(H,27,29);2*1H. The lowest BCUT2D eigenvalue weighted by Gasteiger charge is -2.33.